The second-order valence-corrected chi connectivity index (χ2v) is 9.95. The molecule has 202 valence electrons. The topological polar surface area (TPSA) is 68.3 Å². The molecule has 1 fully saturated rings. The fourth-order valence-corrected chi connectivity index (χ4v) is 5.86. The Labute approximate surface area is 233 Å². The van der Waals surface area contributed by atoms with Crippen LogP contribution in [0.5, 0.6) is 11.5 Å². The number of nitrogens with zero attached hydrogens (tertiary/aromatic N) is 2. The van der Waals surface area contributed by atoms with Crippen molar-refractivity contribution < 1.29 is 23.8 Å². The molecular weight excluding hydrogens is 504 g/mol. The first-order chi connectivity index (χ1) is 19.6. The van der Waals surface area contributed by atoms with Crippen LogP contribution in [0.3, 0.4) is 0 Å². The summed E-state index contributed by atoms with van der Waals surface area (Å²) >= 11 is 0. The Bertz CT molecular complexity index is 1520. The average molecular weight is 535 g/mol. The summed E-state index contributed by atoms with van der Waals surface area (Å²) in [5.41, 5.74) is 3.35. The maximum atomic E-state index is 13.9. The molecule has 2 atom stereocenters. The zero-order valence-corrected chi connectivity index (χ0v) is 22.4. The van der Waals surface area contributed by atoms with Gasteiger partial charge in [0.1, 0.15) is 23.6 Å². The van der Waals surface area contributed by atoms with Gasteiger partial charge in [-0.15, -0.1) is 0 Å². The fourth-order valence-electron chi connectivity index (χ4n) is 5.86. The number of carbonyl (C=O) groups is 2. The van der Waals surface area contributed by atoms with E-state index in [0.717, 1.165) is 27.9 Å². The van der Waals surface area contributed by atoms with Crippen LogP contribution in [0, 0.1) is 0 Å². The Morgan fingerprint density at radius 2 is 1.40 bits per heavy atom. The maximum absolute atomic E-state index is 13.9. The molecule has 4 aromatic rings. The van der Waals surface area contributed by atoms with E-state index < -0.39 is 11.6 Å². The summed E-state index contributed by atoms with van der Waals surface area (Å²) in [5, 5.41) is 0. The fraction of sp³-hybridized carbons (Fsp3) is 0.212. The highest BCUT2D eigenvalue weighted by Crippen LogP contribution is 2.53. The number of hydrogen-bond acceptors (Lipinski definition) is 5. The molecule has 40 heavy (non-hydrogen) atoms. The van der Waals surface area contributed by atoms with Gasteiger partial charge in [-0.3, -0.25) is 9.59 Å². The second kappa shape index (κ2) is 10.5. The van der Waals surface area contributed by atoms with Crippen molar-refractivity contribution in [2.75, 3.05) is 25.7 Å². The summed E-state index contributed by atoms with van der Waals surface area (Å²) in [6.45, 7) is 0.490. The van der Waals surface area contributed by atoms with Crippen molar-refractivity contribution in [1.82, 2.24) is 4.90 Å². The predicted molar refractivity (Wildman–Crippen MR) is 151 cm³/mol. The highest BCUT2D eigenvalue weighted by molar-refractivity contribution is 6.04. The highest BCUT2D eigenvalue weighted by Gasteiger charge is 2.65. The third-order valence-corrected chi connectivity index (χ3v) is 7.72. The van der Waals surface area contributed by atoms with Crippen molar-refractivity contribution in [1.29, 1.82) is 0 Å². The lowest BCUT2D eigenvalue weighted by Crippen LogP contribution is -2.73. The van der Waals surface area contributed by atoms with Gasteiger partial charge in [0.15, 0.2) is 6.10 Å². The van der Waals surface area contributed by atoms with Crippen LogP contribution >= 0.6 is 0 Å². The van der Waals surface area contributed by atoms with Crippen LogP contribution in [-0.4, -0.2) is 43.6 Å². The molecule has 2 aliphatic heterocycles. The van der Waals surface area contributed by atoms with Crippen molar-refractivity contribution >= 4 is 17.5 Å². The molecule has 0 unspecified atom stereocenters. The predicted octanol–water partition coefficient (Wildman–Crippen LogP) is 4.92. The van der Waals surface area contributed by atoms with E-state index in [9.17, 15) is 9.59 Å². The van der Waals surface area contributed by atoms with E-state index in [4.69, 9.17) is 14.2 Å². The largest absolute Gasteiger partial charge is 0.497 e. The van der Waals surface area contributed by atoms with Gasteiger partial charge >= 0.3 is 0 Å². The number of ether oxygens (including phenoxy) is 3. The summed E-state index contributed by atoms with van der Waals surface area (Å²) in [6.07, 6.45) is -0.791. The van der Waals surface area contributed by atoms with E-state index in [1.54, 1.807) is 30.1 Å². The molecule has 0 N–H and O–H groups in total. The Morgan fingerprint density at radius 3 is 2.08 bits per heavy atom. The third-order valence-electron chi connectivity index (χ3n) is 7.72. The zero-order valence-electron chi connectivity index (χ0n) is 22.4. The molecule has 0 radical (unpaired) electrons. The van der Waals surface area contributed by atoms with E-state index in [1.807, 2.05) is 97.1 Å². The lowest BCUT2D eigenvalue weighted by molar-refractivity contribution is -0.192. The molecule has 2 aliphatic rings. The molecule has 0 aliphatic carbocycles. The zero-order chi connectivity index (χ0) is 27.7. The van der Waals surface area contributed by atoms with E-state index in [2.05, 4.69) is 0 Å². The highest BCUT2D eigenvalue weighted by atomic mass is 16.5. The van der Waals surface area contributed by atoms with E-state index in [-0.39, 0.29) is 31.5 Å². The first-order valence-corrected chi connectivity index (χ1v) is 13.2. The second-order valence-electron chi connectivity index (χ2n) is 9.95. The van der Waals surface area contributed by atoms with Crippen molar-refractivity contribution in [2.45, 2.75) is 24.8 Å². The SMILES string of the molecule is COc1cc(CN2C(=O)CN3C(=O)[C@@H](OCc4ccccc4)[C@]3(c3ccccc3)c3ccccc32)cc(OC)c1. The van der Waals surface area contributed by atoms with E-state index >= 15 is 0 Å². The first kappa shape index (κ1) is 25.6. The smallest absolute Gasteiger partial charge is 0.256 e. The third kappa shape index (κ3) is 4.19. The minimum absolute atomic E-state index is 0.0747. The Hall–Kier alpha value is -4.62. The van der Waals surface area contributed by atoms with Crippen LogP contribution in [0.25, 0.3) is 0 Å². The minimum atomic E-state index is -0.958. The van der Waals surface area contributed by atoms with Crippen molar-refractivity contribution in [3.8, 4) is 11.5 Å². The lowest BCUT2D eigenvalue weighted by atomic mass is 9.69. The number of rotatable bonds is 8. The number of methoxy groups -OCH3 is 2. The van der Waals surface area contributed by atoms with Gasteiger partial charge in [-0.2, -0.15) is 0 Å². The molecule has 2 heterocycles. The van der Waals surface area contributed by atoms with Gasteiger partial charge in [-0.05, 0) is 34.9 Å². The minimum Gasteiger partial charge on any atom is -0.497 e. The molecule has 0 spiro atoms. The molecule has 0 saturated carbocycles. The van der Waals surface area contributed by atoms with Gasteiger partial charge in [-0.1, -0.05) is 78.9 Å². The van der Waals surface area contributed by atoms with Crippen LogP contribution in [0.15, 0.2) is 103 Å². The number of benzene rings is 4. The normalized spacial score (nSPS) is 19.8. The molecule has 0 bridgehead atoms. The molecular formula is C33H30N2O5. The van der Waals surface area contributed by atoms with E-state index in [0.29, 0.717) is 11.5 Å². The first-order valence-electron chi connectivity index (χ1n) is 13.2. The molecule has 2 amide bonds. The van der Waals surface area contributed by atoms with Gasteiger partial charge in [0, 0.05) is 11.6 Å². The van der Waals surface area contributed by atoms with Crippen LogP contribution in [-0.2, 0) is 33.0 Å². The number of fused-ring (bicyclic) bond motifs is 3. The van der Waals surface area contributed by atoms with Crippen molar-refractivity contribution in [3.05, 3.63) is 125 Å². The Kier molecular flexibility index (Phi) is 6.74. The monoisotopic (exact) mass is 534 g/mol. The van der Waals surface area contributed by atoms with Gasteiger partial charge in [0.2, 0.25) is 5.91 Å². The maximum Gasteiger partial charge on any atom is 0.256 e. The lowest BCUT2D eigenvalue weighted by Gasteiger charge is -2.56. The van der Waals surface area contributed by atoms with Gasteiger partial charge in [0.25, 0.3) is 5.91 Å². The summed E-state index contributed by atoms with van der Waals surface area (Å²) in [6, 6.07) is 33.0. The number of amides is 2. The van der Waals surface area contributed by atoms with Crippen molar-refractivity contribution in [3.63, 3.8) is 0 Å². The summed E-state index contributed by atoms with van der Waals surface area (Å²) in [5.74, 6) is 0.896. The number of para-hydroxylation sites is 1. The van der Waals surface area contributed by atoms with Crippen LogP contribution < -0.4 is 14.4 Å². The number of carbonyl (C=O) groups excluding carboxylic acids is 2. The van der Waals surface area contributed by atoms with Gasteiger partial charge < -0.3 is 24.0 Å². The molecule has 1 saturated heterocycles. The summed E-state index contributed by atoms with van der Waals surface area (Å²) in [7, 11) is 3.20. The standard InChI is InChI=1S/C33H30N2O5/c1-38-26-17-24(18-27(19-26)39-2)20-34-29-16-10-9-15-28(29)33(25-13-7-4-8-14-25)31(32(37)35(33)21-30(34)36)40-22-23-11-5-3-6-12-23/h3-19,31H,20-22H2,1-2H3/t31-,33+/m1/s1. The molecule has 0 aromatic heterocycles. The molecule has 4 aromatic carbocycles. The average Bonchev–Trinajstić information content (AvgIpc) is 3.09. The van der Waals surface area contributed by atoms with E-state index in [1.165, 1.54) is 0 Å². The molecule has 7 nitrogen and oxygen atoms in total. The number of β-lactam (4-membered cyclic amide) rings is 1. The quantitative estimate of drug-likeness (QED) is 0.300. The number of hydrogen-bond donors (Lipinski definition) is 0. The van der Waals surface area contributed by atoms with Crippen LogP contribution in [0.4, 0.5) is 5.69 Å². The van der Waals surface area contributed by atoms with Crippen molar-refractivity contribution in [2.24, 2.45) is 0 Å². The summed E-state index contributed by atoms with van der Waals surface area (Å²) < 4.78 is 17.3. The summed E-state index contributed by atoms with van der Waals surface area (Å²) in [4.78, 5) is 31.1. The molecule has 6 rings (SSSR count). The van der Waals surface area contributed by atoms with Crippen LogP contribution in [0.1, 0.15) is 22.3 Å². The van der Waals surface area contributed by atoms with Gasteiger partial charge in [0.05, 0.1) is 33.1 Å². The Morgan fingerprint density at radius 1 is 0.775 bits per heavy atom. The molecule has 7 heteroatoms. The van der Waals surface area contributed by atoms with Gasteiger partial charge in [-0.25, -0.2) is 0 Å². The van der Waals surface area contributed by atoms with Crippen LogP contribution in [0.2, 0.25) is 0 Å². The Balaban J connectivity index is 1.47. The number of anilines is 1.